The minimum atomic E-state index is -0.282. The Hall–Kier alpha value is -3.41. The summed E-state index contributed by atoms with van der Waals surface area (Å²) in [4.78, 5) is 14.3. The van der Waals surface area contributed by atoms with Crippen LogP contribution in [0.15, 0.2) is 66.7 Å². The summed E-state index contributed by atoms with van der Waals surface area (Å²) in [6, 6.07) is 21.3. The number of aromatic nitrogens is 2. The molecule has 0 saturated heterocycles. The van der Waals surface area contributed by atoms with Crippen LogP contribution in [0.4, 0.5) is 17.2 Å². The van der Waals surface area contributed by atoms with Crippen LogP contribution in [0.2, 0.25) is 0 Å². The first-order valence-corrected chi connectivity index (χ1v) is 8.82. The van der Waals surface area contributed by atoms with Crippen molar-refractivity contribution in [2.75, 3.05) is 36.2 Å². The summed E-state index contributed by atoms with van der Waals surface area (Å²) in [7, 11) is 3.94. The largest absolute Gasteiger partial charge is 0.378 e. The van der Waals surface area contributed by atoms with Crippen LogP contribution in [-0.4, -0.2) is 36.7 Å². The third-order valence-electron chi connectivity index (χ3n) is 4.10. The molecule has 0 aliphatic heterocycles. The van der Waals surface area contributed by atoms with Gasteiger partial charge in [0.05, 0.1) is 0 Å². The molecule has 3 rings (SSSR count). The fourth-order valence-electron chi connectivity index (χ4n) is 2.57. The lowest BCUT2D eigenvalue weighted by atomic mass is 10.1. The second-order valence-electron chi connectivity index (χ2n) is 6.36. The first kappa shape index (κ1) is 18.4. The number of nitrogens with zero attached hydrogens (tertiary/aromatic N) is 3. The number of carbonyl (C=O) groups is 1. The molecule has 1 aromatic heterocycles. The van der Waals surface area contributed by atoms with Crippen LogP contribution in [0.5, 0.6) is 0 Å². The monoisotopic (exact) mass is 361 g/mol. The second kappa shape index (κ2) is 8.80. The van der Waals surface area contributed by atoms with Crippen LogP contribution in [-0.2, 0) is 6.42 Å². The molecule has 138 valence electrons. The zero-order chi connectivity index (χ0) is 19.1. The summed E-state index contributed by atoms with van der Waals surface area (Å²) in [5.41, 5.74) is 3.32. The van der Waals surface area contributed by atoms with Gasteiger partial charge in [-0.25, -0.2) is 0 Å². The van der Waals surface area contributed by atoms with Crippen molar-refractivity contribution in [3.8, 4) is 0 Å². The highest BCUT2D eigenvalue weighted by Crippen LogP contribution is 2.16. The van der Waals surface area contributed by atoms with E-state index in [1.807, 2.05) is 61.5 Å². The van der Waals surface area contributed by atoms with Crippen molar-refractivity contribution < 1.29 is 4.79 Å². The van der Waals surface area contributed by atoms with E-state index in [1.54, 1.807) is 12.1 Å². The van der Waals surface area contributed by atoms with E-state index in [4.69, 9.17) is 0 Å². The normalized spacial score (nSPS) is 10.3. The number of anilines is 3. The molecular formula is C21H23N5O. The first-order chi connectivity index (χ1) is 13.1. The molecule has 3 aromatic rings. The lowest BCUT2D eigenvalue weighted by Crippen LogP contribution is -2.15. The predicted octanol–water partition coefficient (Wildman–Crippen LogP) is 3.45. The Morgan fingerprint density at radius 2 is 1.67 bits per heavy atom. The number of hydrogen-bond acceptors (Lipinski definition) is 5. The van der Waals surface area contributed by atoms with Crippen LogP contribution in [0, 0.1) is 0 Å². The van der Waals surface area contributed by atoms with E-state index in [0.29, 0.717) is 5.82 Å². The zero-order valence-electron chi connectivity index (χ0n) is 15.5. The highest BCUT2D eigenvalue weighted by Gasteiger charge is 2.09. The molecule has 6 nitrogen and oxygen atoms in total. The van der Waals surface area contributed by atoms with Crippen LogP contribution >= 0.6 is 0 Å². The Kier molecular flexibility index (Phi) is 5.99. The average molecular weight is 361 g/mol. The molecule has 0 bridgehead atoms. The van der Waals surface area contributed by atoms with Crippen molar-refractivity contribution in [1.29, 1.82) is 0 Å². The fraction of sp³-hybridized carbons (Fsp3) is 0.190. The number of hydrogen-bond donors (Lipinski definition) is 2. The molecule has 0 atom stereocenters. The summed E-state index contributed by atoms with van der Waals surface area (Å²) >= 11 is 0. The van der Waals surface area contributed by atoms with E-state index in [9.17, 15) is 4.79 Å². The Labute approximate surface area is 159 Å². The van der Waals surface area contributed by atoms with E-state index in [1.165, 1.54) is 5.56 Å². The number of amides is 1. The lowest BCUT2D eigenvalue weighted by molar-refractivity contribution is 0.102. The van der Waals surface area contributed by atoms with Gasteiger partial charge in [-0.2, -0.15) is 0 Å². The molecule has 0 unspecified atom stereocenters. The summed E-state index contributed by atoms with van der Waals surface area (Å²) in [5, 5.41) is 14.1. The van der Waals surface area contributed by atoms with Gasteiger partial charge in [0.2, 0.25) is 0 Å². The molecule has 0 fully saturated rings. The molecule has 2 aromatic carbocycles. The maximum Gasteiger partial charge on any atom is 0.276 e. The topological polar surface area (TPSA) is 70.2 Å². The minimum Gasteiger partial charge on any atom is -0.378 e. The third-order valence-corrected chi connectivity index (χ3v) is 4.10. The number of nitrogens with one attached hydrogen (secondary N) is 2. The van der Waals surface area contributed by atoms with Gasteiger partial charge in [-0.1, -0.05) is 30.3 Å². The number of rotatable bonds is 7. The first-order valence-electron chi connectivity index (χ1n) is 8.82. The van der Waals surface area contributed by atoms with Gasteiger partial charge in [0, 0.05) is 32.0 Å². The van der Waals surface area contributed by atoms with Crippen molar-refractivity contribution >= 4 is 23.1 Å². The minimum absolute atomic E-state index is 0.278. The van der Waals surface area contributed by atoms with Crippen molar-refractivity contribution in [3.63, 3.8) is 0 Å². The molecular weight excluding hydrogens is 338 g/mol. The molecule has 0 spiro atoms. The van der Waals surface area contributed by atoms with E-state index < -0.39 is 0 Å². The smallest absolute Gasteiger partial charge is 0.276 e. The average Bonchev–Trinajstić information content (AvgIpc) is 2.70. The maximum absolute atomic E-state index is 12.3. The molecule has 1 amide bonds. The van der Waals surface area contributed by atoms with E-state index in [2.05, 4.69) is 33.0 Å². The standard InChI is InChI=1S/C21H23N5O/c1-26(2)18-10-8-17(9-11-18)23-21(27)19-12-13-20(25-24-19)22-15-14-16-6-4-3-5-7-16/h3-13H,14-15H2,1-2H3,(H,22,25)(H,23,27). The molecule has 27 heavy (non-hydrogen) atoms. The second-order valence-corrected chi connectivity index (χ2v) is 6.36. The Balaban J connectivity index is 1.52. The van der Waals surface area contributed by atoms with Crippen LogP contribution in [0.3, 0.4) is 0 Å². The predicted molar refractivity (Wildman–Crippen MR) is 109 cm³/mol. The zero-order valence-corrected chi connectivity index (χ0v) is 15.5. The van der Waals surface area contributed by atoms with Gasteiger partial charge in [-0.15, -0.1) is 10.2 Å². The third kappa shape index (κ3) is 5.28. The van der Waals surface area contributed by atoms with E-state index in [-0.39, 0.29) is 11.6 Å². The fourth-order valence-corrected chi connectivity index (χ4v) is 2.57. The van der Waals surface area contributed by atoms with Gasteiger partial charge in [0.15, 0.2) is 5.69 Å². The summed E-state index contributed by atoms with van der Waals surface area (Å²) in [6.07, 6.45) is 0.897. The number of benzene rings is 2. The molecule has 2 N–H and O–H groups in total. The lowest BCUT2D eigenvalue weighted by Gasteiger charge is -2.13. The van der Waals surface area contributed by atoms with E-state index >= 15 is 0 Å². The highest BCUT2D eigenvalue weighted by molar-refractivity contribution is 6.02. The van der Waals surface area contributed by atoms with Gasteiger partial charge in [0.1, 0.15) is 5.82 Å². The Bertz CT molecular complexity index is 861. The van der Waals surface area contributed by atoms with E-state index in [0.717, 1.165) is 24.3 Å². The quantitative estimate of drug-likeness (QED) is 0.674. The van der Waals surface area contributed by atoms with Crippen molar-refractivity contribution in [2.45, 2.75) is 6.42 Å². The van der Waals surface area contributed by atoms with Gasteiger partial charge in [0.25, 0.3) is 5.91 Å². The van der Waals surface area contributed by atoms with Gasteiger partial charge in [-0.05, 0) is 48.4 Å². The summed E-state index contributed by atoms with van der Waals surface area (Å²) < 4.78 is 0. The van der Waals surface area contributed by atoms with Gasteiger partial charge in [-0.3, -0.25) is 4.79 Å². The molecule has 0 aliphatic carbocycles. The molecule has 0 saturated carbocycles. The maximum atomic E-state index is 12.3. The van der Waals surface area contributed by atoms with Crippen molar-refractivity contribution in [1.82, 2.24) is 10.2 Å². The number of carbonyl (C=O) groups excluding carboxylic acids is 1. The highest BCUT2D eigenvalue weighted by atomic mass is 16.1. The Morgan fingerprint density at radius 3 is 2.30 bits per heavy atom. The summed E-state index contributed by atoms with van der Waals surface area (Å²) in [6.45, 7) is 0.752. The van der Waals surface area contributed by atoms with Gasteiger partial charge >= 0.3 is 0 Å². The molecule has 6 heteroatoms. The molecule has 0 radical (unpaired) electrons. The van der Waals surface area contributed by atoms with Gasteiger partial charge < -0.3 is 15.5 Å². The van der Waals surface area contributed by atoms with Crippen molar-refractivity contribution in [2.24, 2.45) is 0 Å². The van der Waals surface area contributed by atoms with Crippen LogP contribution in [0.1, 0.15) is 16.1 Å². The summed E-state index contributed by atoms with van der Waals surface area (Å²) in [5.74, 6) is 0.369. The molecule has 1 heterocycles. The van der Waals surface area contributed by atoms with Crippen LogP contribution in [0.25, 0.3) is 0 Å². The van der Waals surface area contributed by atoms with Crippen molar-refractivity contribution in [3.05, 3.63) is 78.0 Å². The Morgan fingerprint density at radius 1 is 0.926 bits per heavy atom. The SMILES string of the molecule is CN(C)c1ccc(NC(=O)c2ccc(NCCc3ccccc3)nn2)cc1. The molecule has 0 aliphatic rings. The van der Waals surface area contributed by atoms with Crippen LogP contribution < -0.4 is 15.5 Å².